The molecule has 0 saturated heterocycles. The average molecular weight is 872 g/mol. The van der Waals surface area contributed by atoms with Crippen LogP contribution in [-0.2, 0) is 0 Å². The van der Waals surface area contributed by atoms with Crippen molar-refractivity contribution >= 4 is 83.9 Å². The number of anilines is 9. The Balaban J connectivity index is 1.06. The van der Waals surface area contributed by atoms with Crippen LogP contribution in [0, 0.1) is 0 Å². The fraction of sp³-hybridized carbons (Fsp3) is 0. The fourth-order valence-corrected chi connectivity index (χ4v) is 9.68. The summed E-state index contributed by atoms with van der Waals surface area (Å²) in [6.45, 7) is 0. The molecule has 0 amide bonds. The largest absolute Gasteiger partial charge is 0.454 e. The van der Waals surface area contributed by atoms with Gasteiger partial charge in [-0.2, -0.15) is 0 Å². The number of hydrogen-bond acceptors (Lipinski definition) is 4. The summed E-state index contributed by atoms with van der Waals surface area (Å²) in [7, 11) is 0. The molecule has 0 bridgehead atoms. The lowest BCUT2D eigenvalue weighted by molar-refractivity contribution is 0.669. The molecule has 322 valence electrons. The van der Waals surface area contributed by atoms with Crippen LogP contribution in [0.25, 0.3) is 55.0 Å². The third kappa shape index (κ3) is 7.50. The highest BCUT2D eigenvalue weighted by Gasteiger charge is 2.23. The van der Waals surface area contributed by atoms with Crippen LogP contribution in [0.3, 0.4) is 0 Å². The van der Waals surface area contributed by atoms with Gasteiger partial charge in [-0.15, -0.1) is 0 Å². The van der Waals surface area contributed by atoms with Gasteiger partial charge < -0.3 is 19.1 Å². The number of nitrogens with zero attached hydrogens (tertiary/aromatic N) is 3. The van der Waals surface area contributed by atoms with Crippen molar-refractivity contribution in [1.29, 1.82) is 0 Å². The summed E-state index contributed by atoms with van der Waals surface area (Å²) in [5.41, 5.74) is 15.7. The minimum absolute atomic E-state index is 0.821. The molecule has 11 aromatic carbocycles. The van der Waals surface area contributed by atoms with Crippen molar-refractivity contribution in [2.24, 2.45) is 0 Å². The SMILES string of the molecule is c1ccc(N(c2ccccc2)c2cccc(-c3cc(N(c4ccccc4)c4ccccc4)c4oc5ccc(-c6ccc(N(c7ccccc7)c7ccccc7)c7ccccc67)cc5c4c3)c2)cc1. The summed E-state index contributed by atoms with van der Waals surface area (Å²) in [4.78, 5) is 6.98. The lowest BCUT2D eigenvalue weighted by Gasteiger charge is -2.27. The molecule has 0 saturated carbocycles. The predicted molar refractivity (Wildman–Crippen MR) is 286 cm³/mol. The number of furan rings is 1. The first kappa shape index (κ1) is 40.4. The number of benzene rings is 11. The third-order valence-corrected chi connectivity index (χ3v) is 12.8. The number of hydrogen-bond donors (Lipinski definition) is 0. The molecule has 0 atom stereocenters. The standard InChI is InChI=1S/C64H45N3O/c1-7-23-49(24-8-1)65(50-25-9-2-10-26-50)55-35-21-22-46(42-55)48-44-60-59-43-47(38-41-63(59)68-64(60)62(45-48)67(53-31-15-5-16-32-53)54-33-17-6-18-34-54)56-39-40-61(58-37-20-19-36-57(56)58)66(51-27-11-3-12-28-51)52-29-13-4-14-30-52/h1-45H. The van der Waals surface area contributed by atoms with E-state index in [9.17, 15) is 0 Å². The summed E-state index contributed by atoms with van der Waals surface area (Å²) in [5.74, 6) is 0. The van der Waals surface area contributed by atoms with Crippen LogP contribution in [0.1, 0.15) is 0 Å². The molecule has 0 aliphatic carbocycles. The van der Waals surface area contributed by atoms with Gasteiger partial charge in [-0.25, -0.2) is 0 Å². The number of para-hydroxylation sites is 6. The monoisotopic (exact) mass is 871 g/mol. The molecule has 68 heavy (non-hydrogen) atoms. The summed E-state index contributed by atoms with van der Waals surface area (Å²) < 4.78 is 7.05. The molecule has 1 heterocycles. The van der Waals surface area contributed by atoms with Crippen molar-refractivity contribution in [2.45, 2.75) is 0 Å². The Morgan fingerprint density at radius 3 is 1.21 bits per heavy atom. The van der Waals surface area contributed by atoms with E-state index in [0.717, 1.165) is 95.4 Å². The van der Waals surface area contributed by atoms with Crippen molar-refractivity contribution in [3.05, 3.63) is 273 Å². The van der Waals surface area contributed by atoms with E-state index >= 15 is 0 Å². The highest BCUT2D eigenvalue weighted by molar-refractivity contribution is 6.14. The van der Waals surface area contributed by atoms with Gasteiger partial charge >= 0.3 is 0 Å². The first-order valence-electron chi connectivity index (χ1n) is 23.1. The van der Waals surface area contributed by atoms with Gasteiger partial charge in [0.1, 0.15) is 5.58 Å². The highest BCUT2D eigenvalue weighted by Crippen LogP contribution is 2.47. The molecule has 0 spiro atoms. The molecule has 0 unspecified atom stereocenters. The van der Waals surface area contributed by atoms with Crippen LogP contribution >= 0.6 is 0 Å². The molecule has 0 fully saturated rings. The van der Waals surface area contributed by atoms with Crippen LogP contribution in [0.15, 0.2) is 277 Å². The zero-order chi connectivity index (χ0) is 45.2. The van der Waals surface area contributed by atoms with Crippen molar-refractivity contribution in [3.63, 3.8) is 0 Å². The Hall–Kier alpha value is -9.12. The van der Waals surface area contributed by atoms with Gasteiger partial charge in [0.25, 0.3) is 0 Å². The summed E-state index contributed by atoms with van der Waals surface area (Å²) in [6.07, 6.45) is 0. The molecular weight excluding hydrogens is 827 g/mol. The van der Waals surface area contributed by atoms with Crippen LogP contribution in [0.4, 0.5) is 51.2 Å². The van der Waals surface area contributed by atoms with Gasteiger partial charge in [0.15, 0.2) is 5.58 Å². The van der Waals surface area contributed by atoms with Crippen LogP contribution in [0.5, 0.6) is 0 Å². The zero-order valence-electron chi connectivity index (χ0n) is 37.2. The Morgan fingerprint density at radius 1 is 0.235 bits per heavy atom. The van der Waals surface area contributed by atoms with E-state index in [2.05, 4.69) is 288 Å². The van der Waals surface area contributed by atoms with E-state index in [1.165, 1.54) is 10.8 Å². The van der Waals surface area contributed by atoms with E-state index in [1.807, 2.05) is 0 Å². The smallest absolute Gasteiger partial charge is 0.159 e. The topological polar surface area (TPSA) is 22.9 Å². The highest BCUT2D eigenvalue weighted by atomic mass is 16.3. The Kier molecular flexibility index (Phi) is 10.5. The normalized spacial score (nSPS) is 11.2. The maximum Gasteiger partial charge on any atom is 0.159 e. The second-order valence-electron chi connectivity index (χ2n) is 16.9. The maximum atomic E-state index is 7.05. The molecule has 0 aliphatic heterocycles. The van der Waals surface area contributed by atoms with E-state index in [1.54, 1.807) is 0 Å². The second-order valence-corrected chi connectivity index (χ2v) is 16.9. The Morgan fingerprint density at radius 2 is 0.676 bits per heavy atom. The summed E-state index contributed by atoms with van der Waals surface area (Å²) in [6, 6.07) is 97.0. The van der Waals surface area contributed by atoms with E-state index in [-0.39, 0.29) is 0 Å². The first-order chi connectivity index (χ1) is 33.7. The maximum absolute atomic E-state index is 7.05. The zero-order valence-corrected chi connectivity index (χ0v) is 37.2. The molecule has 0 radical (unpaired) electrons. The lowest BCUT2D eigenvalue weighted by atomic mass is 9.94. The van der Waals surface area contributed by atoms with Crippen molar-refractivity contribution in [3.8, 4) is 22.3 Å². The van der Waals surface area contributed by atoms with Crippen LogP contribution in [-0.4, -0.2) is 0 Å². The Labute approximate surface area is 396 Å². The third-order valence-electron chi connectivity index (χ3n) is 12.8. The van der Waals surface area contributed by atoms with Crippen molar-refractivity contribution in [2.75, 3.05) is 14.7 Å². The summed E-state index contributed by atoms with van der Waals surface area (Å²) in [5, 5.41) is 4.44. The van der Waals surface area contributed by atoms with Crippen LogP contribution in [0.2, 0.25) is 0 Å². The number of rotatable bonds is 11. The Bertz CT molecular complexity index is 3550. The van der Waals surface area contributed by atoms with E-state index in [0.29, 0.717) is 0 Å². The molecule has 4 heteroatoms. The molecule has 1 aromatic heterocycles. The van der Waals surface area contributed by atoms with Crippen LogP contribution < -0.4 is 14.7 Å². The number of fused-ring (bicyclic) bond motifs is 4. The molecule has 12 rings (SSSR count). The first-order valence-corrected chi connectivity index (χ1v) is 23.1. The minimum Gasteiger partial charge on any atom is -0.454 e. The van der Waals surface area contributed by atoms with Gasteiger partial charge in [0, 0.05) is 56.0 Å². The van der Waals surface area contributed by atoms with Gasteiger partial charge in [-0.05, 0) is 143 Å². The second kappa shape index (κ2) is 17.7. The van der Waals surface area contributed by atoms with Crippen molar-refractivity contribution in [1.82, 2.24) is 0 Å². The fourth-order valence-electron chi connectivity index (χ4n) is 9.68. The quantitative estimate of drug-likeness (QED) is 0.129. The van der Waals surface area contributed by atoms with E-state index < -0.39 is 0 Å². The lowest BCUT2D eigenvalue weighted by Crippen LogP contribution is -2.10. The van der Waals surface area contributed by atoms with Crippen molar-refractivity contribution < 1.29 is 4.42 Å². The van der Waals surface area contributed by atoms with Gasteiger partial charge in [-0.1, -0.05) is 158 Å². The average Bonchev–Trinajstić information content (AvgIpc) is 3.79. The molecule has 12 aromatic rings. The van der Waals surface area contributed by atoms with Gasteiger partial charge in [0.2, 0.25) is 0 Å². The summed E-state index contributed by atoms with van der Waals surface area (Å²) >= 11 is 0. The minimum atomic E-state index is 0.821. The molecule has 4 nitrogen and oxygen atoms in total. The molecule has 0 N–H and O–H groups in total. The van der Waals surface area contributed by atoms with Gasteiger partial charge in [0.05, 0.1) is 11.4 Å². The molecule has 0 aliphatic rings. The van der Waals surface area contributed by atoms with E-state index in [4.69, 9.17) is 4.42 Å². The molecular formula is C64H45N3O. The predicted octanol–water partition coefficient (Wildman–Crippen LogP) is 18.5. The van der Waals surface area contributed by atoms with Gasteiger partial charge in [-0.3, -0.25) is 0 Å².